The van der Waals surface area contributed by atoms with Crippen LogP contribution in [0.3, 0.4) is 0 Å². The zero-order valence-electron chi connectivity index (χ0n) is 11.5. The van der Waals surface area contributed by atoms with Crippen LogP contribution >= 0.6 is 11.8 Å². The van der Waals surface area contributed by atoms with Gasteiger partial charge in [0.25, 0.3) is 0 Å². The van der Waals surface area contributed by atoms with Gasteiger partial charge in [-0.05, 0) is 17.3 Å². The van der Waals surface area contributed by atoms with Gasteiger partial charge in [-0.1, -0.05) is 30.3 Å². The monoisotopic (exact) mass is 288 g/mol. The summed E-state index contributed by atoms with van der Waals surface area (Å²) in [5.41, 5.74) is 7.52. The van der Waals surface area contributed by atoms with Gasteiger partial charge in [0.15, 0.2) is 13.1 Å². The SMILES string of the molecule is CC(S/C(C#N)=C(\N)c1ccccc1)=[N+]1CCOCC1. The first kappa shape index (κ1) is 14.6. The van der Waals surface area contributed by atoms with Gasteiger partial charge in [0.05, 0.1) is 5.70 Å². The van der Waals surface area contributed by atoms with Gasteiger partial charge in [0, 0.05) is 6.92 Å². The molecule has 4 nitrogen and oxygen atoms in total. The molecule has 0 aromatic heterocycles. The average molecular weight is 288 g/mol. The molecule has 0 bridgehead atoms. The number of nitriles is 1. The maximum absolute atomic E-state index is 9.34. The maximum atomic E-state index is 9.34. The third kappa shape index (κ3) is 3.62. The summed E-state index contributed by atoms with van der Waals surface area (Å²) in [4.78, 5) is 0.542. The molecule has 1 aromatic rings. The van der Waals surface area contributed by atoms with E-state index in [4.69, 9.17) is 10.5 Å². The molecule has 1 heterocycles. The van der Waals surface area contributed by atoms with Crippen molar-refractivity contribution >= 4 is 22.5 Å². The van der Waals surface area contributed by atoms with Crippen LogP contribution in [0.2, 0.25) is 0 Å². The molecule has 1 aliphatic heterocycles. The summed E-state index contributed by atoms with van der Waals surface area (Å²) >= 11 is 1.43. The van der Waals surface area contributed by atoms with Gasteiger partial charge in [-0.2, -0.15) is 5.26 Å². The molecule has 5 heteroatoms. The van der Waals surface area contributed by atoms with Gasteiger partial charge in [0.2, 0.25) is 5.04 Å². The number of thioether (sulfide) groups is 1. The summed E-state index contributed by atoms with van der Waals surface area (Å²) < 4.78 is 7.56. The lowest BCUT2D eigenvalue weighted by molar-refractivity contribution is -0.547. The Morgan fingerprint density at radius 2 is 1.95 bits per heavy atom. The van der Waals surface area contributed by atoms with Crippen LogP contribution in [0.4, 0.5) is 0 Å². The fourth-order valence-electron chi connectivity index (χ4n) is 1.98. The van der Waals surface area contributed by atoms with Crippen LogP contribution < -0.4 is 5.73 Å². The van der Waals surface area contributed by atoms with Crippen molar-refractivity contribution in [2.45, 2.75) is 6.92 Å². The molecule has 0 spiro atoms. The van der Waals surface area contributed by atoms with E-state index in [1.54, 1.807) is 0 Å². The van der Waals surface area contributed by atoms with Crippen molar-refractivity contribution in [3.63, 3.8) is 0 Å². The first-order valence-corrected chi connectivity index (χ1v) is 7.33. The van der Waals surface area contributed by atoms with E-state index in [0.29, 0.717) is 10.6 Å². The Bertz CT molecular complexity index is 565. The third-order valence-electron chi connectivity index (χ3n) is 3.14. The van der Waals surface area contributed by atoms with Crippen LogP contribution in [0.5, 0.6) is 0 Å². The highest BCUT2D eigenvalue weighted by molar-refractivity contribution is 8.17. The predicted molar refractivity (Wildman–Crippen MR) is 82.2 cm³/mol. The summed E-state index contributed by atoms with van der Waals surface area (Å²) in [7, 11) is 0. The van der Waals surface area contributed by atoms with E-state index in [-0.39, 0.29) is 0 Å². The number of nitrogens with two attached hydrogens (primary N) is 1. The largest absolute Gasteiger partial charge is 0.397 e. The number of hydrogen-bond donors (Lipinski definition) is 1. The van der Waals surface area contributed by atoms with E-state index >= 15 is 0 Å². The number of benzene rings is 1. The molecule has 2 rings (SSSR count). The lowest BCUT2D eigenvalue weighted by atomic mass is 10.1. The van der Waals surface area contributed by atoms with E-state index in [1.165, 1.54) is 11.8 Å². The summed E-state index contributed by atoms with van der Waals surface area (Å²) in [6.45, 7) is 5.21. The lowest BCUT2D eigenvalue weighted by Gasteiger charge is -2.13. The van der Waals surface area contributed by atoms with Crippen molar-refractivity contribution < 1.29 is 9.31 Å². The van der Waals surface area contributed by atoms with Crippen molar-refractivity contribution in [3.8, 4) is 6.07 Å². The standard InChI is InChI=1S/C15H18N3OS/c1-12(18-7-9-19-10-8-18)20-14(11-16)15(17)13-5-3-2-4-6-13/h2-6H,7-10,17H2,1H3/q+1/b15-14-. The van der Waals surface area contributed by atoms with Crippen molar-refractivity contribution in [1.82, 2.24) is 0 Å². The second-order valence-corrected chi connectivity index (χ2v) is 5.64. The first-order valence-electron chi connectivity index (χ1n) is 6.51. The minimum atomic E-state index is 0.533. The molecule has 20 heavy (non-hydrogen) atoms. The van der Waals surface area contributed by atoms with E-state index < -0.39 is 0 Å². The van der Waals surface area contributed by atoms with E-state index in [9.17, 15) is 5.26 Å². The highest BCUT2D eigenvalue weighted by Crippen LogP contribution is 2.24. The molecule has 1 aliphatic rings. The molecular formula is C15H18N3OS+. The van der Waals surface area contributed by atoms with Gasteiger partial charge in [-0.3, -0.25) is 0 Å². The van der Waals surface area contributed by atoms with Crippen molar-refractivity contribution in [3.05, 3.63) is 40.8 Å². The normalized spacial score (nSPS) is 16.3. The Morgan fingerprint density at radius 3 is 2.55 bits per heavy atom. The third-order valence-corrected chi connectivity index (χ3v) is 4.21. The second-order valence-electron chi connectivity index (χ2n) is 4.44. The highest BCUT2D eigenvalue weighted by atomic mass is 32.2. The molecule has 0 aliphatic carbocycles. The number of rotatable bonds is 2. The quantitative estimate of drug-likeness (QED) is 0.514. The molecule has 1 aromatic carbocycles. The van der Waals surface area contributed by atoms with Crippen molar-refractivity contribution in [2.24, 2.45) is 5.73 Å². The van der Waals surface area contributed by atoms with Crippen molar-refractivity contribution in [2.75, 3.05) is 26.3 Å². The zero-order chi connectivity index (χ0) is 14.4. The second kappa shape index (κ2) is 7.13. The number of ether oxygens (including phenoxy) is 1. The lowest BCUT2D eigenvalue weighted by Crippen LogP contribution is -2.31. The summed E-state index contributed by atoms with van der Waals surface area (Å²) in [5.74, 6) is 0. The molecule has 0 amide bonds. The summed E-state index contributed by atoms with van der Waals surface area (Å²) in [6, 6.07) is 11.8. The van der Waals surface area contributed by atoms with Crippen LogP contribution in [0.1, 0.15) is 12.5 Å². The Kier molecular flexibility index (Phi) is 5.22. The molecule has 0 atom stereocenters. The molecular weight excluding hydrogens is 270 g/mol. The molecule has 1 fully saturated rings. The molecule has 1 saturated heterocycles. The minimum Gasteiger partial charge on any atom is -0.397 e. The Balaban J connectivity index is 2.23. The molecule has 104 valence electrons. The molecule has 0 unspecified atom stereocenters. The van der Waals surface area contributed by atoms with E-state index in [1.807, 2.05) is 37.3 Å². The van der Waals surface area contributed by atoms with Crippen LogP contribution in [0.25, 0.3) is 5.70 Å². The smallest absolute Gasteiger partial charge is 0.213 e. The van der Waals surface area contributed by atoms with Gasteiger partial charge in [-0.25, -0.2) is 4.58 Å². The number of nitrogens with zero attached hydrogens (tertiary/aromatic N) is 2. The predicted octanol–water partition coefficient (Wildman–Crippen LogP) is 2.03. The van der Waals surface area contributed by atoms with Crippen LogP contribution in [0.15, 0.2) is 35.2 Å². The summed E-state index contributed by atoms with van der Waals surface area (Å²) in [6.07, 6.45) is 0. The fourth-order valence-corrected chi connectivity index (χ4v) is 2.86. The minimum absolute atomic E-state index is 0.533. The Morgan fingerprint density at radius 1 is 1.30 bits per heavy atom. The first-order chi connectivity index (χ1) is 9.72. The van der Waals surface area contributed by atoms with Gasteiger partial charge < -0.3 is 10.5 Å². The zero-order valence-corrected chi connectivity index (χ0v) is 12.3. The average Bonchev–Trinajstić information content (AvgIpc) is 2.53. The number of allylic oxidation sites excluding steroid dienone is 1. The highest BCUT2D eigenvalue weighted by Gasteiger charge is 2.18. The van der Waals surface area contributed by atoms with Crippen molar-refractivity contribution in [1.29, 1.82) is 5.26 Å². The summed E-state index contributed by atoms with van der Waals surface area (Å²) in [5, 5.41) is 10.4. The molecule has 0 radical (unpaired) electrons. The molecule has 0 saturated carbocycles. The fraction of sp³-hybridized carbons (Fsp3) is 0.333. The number of morpholine rings is 1. The maximum Gasteiger partial charge on any atom is 0.213 e. The van der Waals surface area contributed by atoms with Gasteiger partial charge >= 0.3 is 0 Å². The van der Waals surface area contributed by atoms with Gasteiger partial charge in [0.1, 0.15) is 24.2 Å². The Hall–Kier alpha value is -1.77. The topological polar surface area (TPSA) is 62.0 Å². The van der Waals surface area contributed by atoms with Crippen LogP contribution in [0, 0.1) is 11.3 Å². The van der Waals surface area contributed by atoms with E-state index in [0.717, 1.165) is 36.9 Å². The van der Waals surface area contributed by atoms with Gasteiger partial charge in [-0.15, -0.1) is 0 Å². The Labute approximate surface area is 123 Å². The number of hydrogen-bond acceptors (Lipinski definition) is 4. The van der Waals surface area contributed by atoms with Crippen LogP contribution in [-0.4, -0.2) is 35.9 Å². The van der Waals surface area contributed by atoms with Crippen LogP contribution in [-0.2, 0) is 4.74 Å². The van der Waals surface area contributed by atoms with E-state index in [2.05, 4.69) is 10.6 Å². The molecule has 2 N–H and O–H groups in total.